The third kappa shape index (κ3) is 6.50. The van der Waals surface area contributed by atoms with Crippen LogP contribution in [0.2, 0.25) is 0 Å². The van der Waals surface area contributed by atoms with Crippen molar-refractivity contribution in [3.05, 3.63) is 36.0 Å². The normalized spacial score (nSPS) is 15.5. The second kappa shape index (κ2) is 9.13. The highest BCUT2D eigenvalue weighted by molar-refractivity contribution is 6.06. The van der Waals surface area contributed by atoms with Crippen molar-refractivity contribution in [2.75, 3.05) is 24.1 Å². The monoisotopic (exact) mass is 385 g/mol. The summed E-state index contributed by atoms with van der Waals surface area (Å²) in [4.78, 5) is 26.0. The molecule has 0 unspecified atom stereocenters. The second-order valence-corrected chi connectivity index (χ2v) is 7.65. The molecule has 1 aromatic rings. The molecule has 1 heterocycles. The summed E-state index contributed by atoms with van der Waals surface area (Å²) >= 11 is 0. The molecular formula is C20H27N5O3. The maximum atomic E-state index is 12.2. The van der Waals surface area contributed by atoms with Gasteiger partial charge in [-0.3, -0.25) is 4.79 Å². The van der Waals surface area contributed by atoms with Gasteiger partial charge in [-0.05, 0) is 57.9 Å². The van der Waals surface area contributed by atoms with Gasteiger partial charge in [-0.1, -0.05) is 0 Å². The molecule has 28 heavy (non-hydrogen) atoms. The van der Waals surface area contributed by atoms with E-state index < -0.39 is 11.5 Å². The summed E-state index contributed by atoms with van der Waals surface area (Å²) in [6, 6.07) is 8.65. The minimum atomic E-state index is -0.519. The SMILES string of the molecule is CC(C)(C)OC(=O)N1CCC(N/C=C(/C#N)C(=O)Nc2ccc(N)cc2)CC1. The average molecular weight is 385 g/mol. The van der Waals surface area contributed by atoms with Crippen LogP contribution >= 0.6 is 0 Å². The molecule has 8 heteroatoms. The highest BCUT2D eigenvalue weighted by atomic mass is 16.6. The topological polar surface area (TPSA) is 120 Å². The first-order chi connectivity index (χ1) is 13.2. The Morgan fingerprint density at radius 1 is 1.25 bits per heavy atom. The van der Waals surface area contributed by atoms with Gasteiger partial charge in [0.05, 0.1) is 0 Å². The molecular weight excluding hydrogens is 358 g/mol. The van der Waals surface area contributed by atoms with Crippen LogP contribution in [0.5, 0.6) is 0 Å². The Morgan fingerprint density at radius 2 is 1.86 bits per heavy atom. The summed E-state index contributed by atoms with van der Waals surface area (Å²) in [5.74, 6) is -0.494. The number of likely N-dealkylation sites (tertiary alicyclic amines) is 1. The van der Waals surface area contributed by atoms with E-state index >= 15 is 0 Å². The smallest absolute Gasteiger partial charge is 0.410 e. The van der Waals surface area contributed by atoms with Crippen molar-refractivity contribution in [3.8, 4) is 6.07 Å². The predicted molar refractivity (Wildman–Crippen MR) is 107 cm³/mol. The molecule has 1 fully saturated rings. The van der Waals surface area contributed by atoms with E-state index in [1.54, 1.807) is 29.2 Å². The zero-order valence-corrected chi connectivity index (χ0v) is 16.5. The minimum Gasteiger partial charge on any atom is -0.444 e. The molecule has 1 aromatic carbocycles. The van der Waals surface area contributed by atoms with E-state index in [2.05, 4.69) is 10.6 Å². The van der Waals surface area contributed by atoms with Crippen LogP contribution < -0.4 is 16.4 Å². The fraction of sp³-hybridized carbons (Fsp3) is 0.450. The Bertz CT molecular complexity index is 767. The summed E-state index contributed by atoms with van der Waals surface area (Å²) in [6.07, 6.45) is 2.52. The number of amides is 2. The van der Waals surface area contributed by atoms with E-state index in [1.807, 2.05) is 26.8 Å². The molecule has 1 aliphatic heterocycles. The van der Waals surface area contributed by atoms with Gasteiger partial charge < -0.3 is 26.0 Å². The molecule has 4 N–H and O–H groups in total. The Balaban J connectivity index is 1.85. The first-order valence-electron chi connectivity index (χ1n) is 9.19. The maximum Gasteiger partial charge on any atom is 0.410 e. The fourth-order valence-electron chi connectivity index (χ4n) is 2.67. The number of carbonyl (C=O) groups excluding carboxylic acids is 2. The number of hydrogen-bond donors (Lipinski definition) is 3. The average Bonchev–Trinajstić information content (AvgIpc) is 2.63. The van der Waals surface area contributed by atoms with Gasteiger partial charge in [0.25, 0.3) is 5.91 Å². The molecule has 0 atom stereocenters. The van der Waals surface area contributed by atoms with Crippen LogP contribution in [-0.4, -0.2) is 41.6 Å². The zero-order chi connectivity index (χ0) is 20.7. The van der Waals surface area contributed by atoms with E-state index in [1.165, 1.54) is 6.20 Å². The molecule has 2 amide bonds. The van der Waals surface area contributed by atoms with Crippen molar-refractivity contribution in [2.45, 2.75) is 45.3 Å². The van der Waals surface area contributed by atoms with Gasteiger partial charge in [-0.15, -0.1) is 0 Å². The number of piperidine rings is 1. The number of nitrogens with two attached hydrogens (primary N) is 1. The first kappa shape index (κ1) is 21.1. The lowest BCUT2D eigenvalue weighted by molar-refractivity contribution is -0.112. The van der Waals surface area contributed by atoms with Crippen LogP contribution in [0.4, 0.5) is 16.2 Å². The molecule has 1 saturated heterocycles. The second-order valence-electron chi connectivity index (χ2n) is 7.65. The van der Waals surface area contributed by atoms with Crippen LogP contribution in [0.25, 0.3) is 0 Å². The lowest BCUT2D eigenvalue weighted by Crippen LogP contribution is -2.45. The molecule has 0 radical (unpaired) electrons. The molecule has 0 aromatic heterocycles. The number of hydrogen-bond acceptors (Lipinski definition) is 6. The van der Waals surface area contributed by atoms with Gasteiger partial charge in [-0.2, -0.15) is 5.26 Å². The number of ether oxygens (including phenoxy) is 1. The number of anilines is 2. The summed E-state index contributed by atoms with van der Waals surface area (Å²) in [5, 5.41) is 15.0. The van der Waals surface area contributed by atoms with E-state index in [0.29, 0.717) is 37.3 Å². The van der Waals surface area contributed by atoms with Gasteiger partial charge in [0.2, 0.25) is 0 Å². The standard InChI is InChI=1S/C20H27N5O3/c1-20(2,3)28-19(27)25-10-8-16(9-11-25)23-13-14(12-21)18(26)24-17-6-4-15(22)5-7-17/h4-7,13,16,23H,8-11,22H2,1-3H3,(H,24,26)/b14-13-. The van der Waals surface area contributed by atoms with Crippen LogP contribution in [-0.2, 0) is 9.53 Å². The number of nitrogens with zero attached hydrogens (tertiary/aromatic N) is 2. The molecule has 1 aliphatic rings. The molecule has 8 nitrogen and oxygen atoms in total. The molecule has 2 rings (SSSR count). The molecule has 0 saturated carbocycles. The Hall–Kier alpha value is -3.21. The Kier molecular flexibility index (Phi) is 6.88. The summed E-state index contributed by atoms with van der Waals surface area (Å²) in [5.41, 5.74) is 6.22. The third-order valence-corrected chi connectivity index (χ3v) is 4.14. The molecule has 0 bridgehead atoms. The van der Waals surface area contributed by atoms with Crippen LogP contribution in [0.1, 0.15) is 33.6 Å². The Labute approximate surface area is 165 Å². The number of carbonyl (C=O) groups is 2. The number of nitrogen functional groups attached to an aromatic ring is 1. The lowest BCUT2D eigenvalue weighted by Gasteiger charge is -2.33. The largest absolute Gasteiger partial charge is 0.444 e. The van der Waals surface area contributed by atoms with Gasteiger partial charge >= 0.3 is 6.09 Å². The van der Waals surface area contributed by atoms with Gasteiger partial charge in [0, 0.05) is 36.7 Å². The van der Waals surface area contributed by atoms with Gasteiger partial charge in [0.15, 0.2) is 0 Å². The van der Waals surface area contributed by atoms with E-state index in [4.69, 9.17) is 10.5 Å². The van der Waals surface area contributed by atoms with E-state index in [-0.39, 0.29) is 17.7 Å². The number of nitriles is 1. The Morgan fingerprint density at radius 3 is 2.39 bits per heavy atom. The predicted octanol–water partition coefficient (Wildman–Crippen LogP) is 2.60. The van der Waals surface area contributed by atoms with Crippen molar-refractivity contribution in [3.63, 3.8) is 0 Å². The van der Waals surface area contributed by atoms with Crippen LogP contribution in [0.15, 0.2) is 36.0 Å². The van der Waals surface area contributed by atoms with E-state index in [9.17, 15) is 14.9 Å². The fourth-order valence-corrected chi connectivity index (χ4v) is 2.67. The number of rotatable bonds is 4. The molecule has 0 spiro atoms. The highest BCUT2D eigenvalue weighted by Crippen LogP contribution is 2.16. The summed E-state index contributed by atoms with van der Waals surface area (Å²) in [6.45, 7) is 6.62. The van der Waals surface area contributed by atoms with Crippen molar-refractivity contribution in [2.24, 2.45) is 0 Å². The van der Waals surface area contributed by atoms with Crippen molar-refractivity contribution in [1.82, 2.24) is 10.2 Å². The highest BCUT2D eigenvalue weighted by Gasteiger charge is 2.26. The van der Waals surface area contributed by atoms with Crippen LogP contribution in [0.3, 0.4) is 0 Å². The lowest BCUT2D eigenvalue weighted by atomic mass is 10.1. The van der Waals surface area contributed by atoms with E-state index in [0.717, 1.165) is 0 Å². The van der Waals surface area contributed by atoms with Crippen molar-refractivity contribution >= 4 is 23.4 Å². The summed E-state index contributed by atoms with van der Waals surface area (Å²) in [7, 11) is 0. The van der Waals surface area contributed by atoms with Crippen molar-refractivity contribution in [1.29, 1.82) is 5.26 Å². The number of nitrogens with one attached hydrogen (secondary N) is 2. The van der Waals surface area contributed by atoms with Crippen molar-refractivity contribution < 1.29 is 14.3 Å². The van der Waals surface area contributed by atoms with Gasteiger partial charge in [-0.25, -0.2) is 4.79 Å². The first-order valence-corrected chi connectivity index (χ1v) is 9.19. The zero-order valence-electron chi connectivity index (χ0n) is 16.5. The summed E-state index contributed by atoms with van der Waals surface area (Å²) < 4.78 is 5.37. The molecule has 150 valence electrons. The molecule has 0 aliphatic carbocycles. The minimum absolute atomic E-state index is 0.0219. The van der Waals surface area contributed by atoms with Crippen LogP contribution in [0, 0.1) is 11.3 Å². The quantitative estimate of drug-likeness (QED) is 0.416. The van der Waals surface area contributed by atoms with Gasteiger partial charge in [0.1, 0.15) is 17.2 Å². The maximum absolute atomic E-state index is 12.2. The number of benzene rings is 1. The third-order valence-electron chi connectivity index (χ3n) is 4.14.